The number of likely N-dealkylation sites (N-methyl/N-ethyl adjacent to an activating group) is 1. The predicted octanol–water partition coefficient (Wildman–Crippen LogP) is 5.19. The van der Waals surface area contributed by atoms with E-state index in [0.717, 1.165) is 5.56 Å². The van der Waals surface area contributed by atoms with Crippen LogP contribution >= 0.6 is 0 Å². The molecule has 1 spiro atoms. The van der Waals surface area contributed by atoms with Crippen LogP contribution in [-0.4, -0.2) is 134 Å². The molecule has 9 atom stereocenters. The average molecular weight is 873 g/mol. The van der Waals surface area contributed by atoms with Crippen LogP contribution in [0.2, 0.25) is 0 Å². The molecule has 5 aliphatic heterocycles. The quantitative estimate of drug-likeness (QED) is 0.228. The molecule has 1 saturated carbocycles. The van der Waals surface area contributed by atoms with Crippen molar-refractivity contribution in [1.82, 2.24) is 9.80 Å². The highest BCUT2D eigenvalue weighted by atomic mass is 16.6. The molecule has 340 valence electrons. The van der Waals surface area contributed by atoms with E-state index in [1.807, 2.05) is 48.2 Å². The standard InChI is InChI=1S/C47H60N4O12/c1-13-44-19-16-21-49-22-20-45(35(44)49)28-23-29(33(58-10)24-31(28)48(9)36(45)47(57,39(54)60-12)37(44)61-26(2)52)46-25-32(34(53)59-11)51(41(56)63-43(6,7)8)38(46)50(40(55)62-42(3,4)5)30-18-15-14-17-27(30)46/h14-19,23-24,32,35-38,57H,13,20-22,25H2,1-12H3/t32-,35-,36+,37+,38-,44+,45+,46-,47+/m0/s1. The van der Waals surface area contributed by atoms with Gasteiger partial charge in [0, 0.05) is 54.7 Å². The fourth-order valence-corrected chi connectivity index (χ4v) is 12.6. The first kappa shape index (κ1) is 44.3. The first-order valence-corrected chi connectivity index (χ1v) is 21.6. The minimum absolute atomic E-state index is 0.0564. The minimum Gasteiger partial charge on any atom is -0.496 e. The van der Waals surface area contributed by atoms with Crippen molar-refractivity contribution < 1.29 is 57.5 Å². The zero-order chi connectivity index (χ0) is 46.0. The summed E-state index contributed by atoms with van der Waals surface area (Å²) in [6.45, 7) is 14.8. The van der Waals surface area contributed by atoms with E-state index in [1.54, 1.807) is 60.7 Å². The Bertz CT molecular complexity index is 2300. The van der Waals surface area contributed by atoms with Crippen LogP contribution in [0, 0.1) is 5.41 Å². The maximum atomic E-state index is 14.8. The molecule has 16 heteroatoms. The van der Waals surface area contributed by atoms with E-state index in [2.05, 4.69) is 4.90 Å². The summed E-state index contributed by atoms with van der Waals surface area (Å²) >= 11 is 0. The number of fused-ring (bicyclic) bond motifs is 4. The Morgan fingerprint density at radius 3 is 2.13 bits per heavy atom. The lowest BCUT2D eigenvalue weighted by molar-refractivity contribution is -0.228. The number of hydrogen-bond donors (Lipinski definition) is 1. The summed E-state index contributed by atoms with van der Waals surface area (Å²) in [6, 6.07) is 8.53. The number of nitrogens with zero attached hydrogens (tertiary/aromatic N) is 4. The molecule has 8 rings (SSSR count). The summed E-state index contributed by atoms with van der Waals surface area (Å²) in [4.78, 5) is 78.0. The average Bonchev–Trinajstić information content (AvgIpc) is 3.93. The van der Waals surface area contributed by atoms with Crippen molar-refractivity contribution in [3.8, 4) is 5.75 Å². The van der Waals surface area contributed by atoms with Gasteiger partial charge in [0.25, 0.3) is 0 Å². The maximum Gasteiger partial charge on any atom is 0.416 e. The Kier molecular flexibility index (Phi) is 10.3. The van der Waals surface area contributed by atoms with Gasteiger partial charge in [-0.3, -0.25) is 19.5 Å². The van der Waals surface area contributed by atoms with Crippen molar-refractivity contribution in [2.45, 2.75) is 133 Å². The molecule has 2 saturated heterocycles. The molecular formula is C47H60N4O12. The number of likely N-dealkylation sites (tertiary alicyclic amines) is 1. The molecule has 3 fully saturated rings. The van der Waals surface area contributed by atoms with Gasteiger partial charge >= 0.3 is 30.1 Å². The Morgan fingerprint density at radius 1 is 0.857 bits per heavy atom. The van der Waals surface area contributed by atoms with Gasteiger partial charge < -0.3 is 38.4 Å². The van der Waals surface area contributed by atoms with Crippen molar-refractivity contribution in [3.05, 3.63) is 65.2 Å². The SMILES string of the molecule is CC[C@]12C=CCN3CC[C@@]4(c5cc([C@@]67C[C@@H](C(=O)OC)N(C(=O)OC(C)(C)C)[C@@H]6N(C(=O)OC(C)(C)C)c6ccccc67)c(OC)cc5N(C)[C@H]4[C@](O)(C(=O)OC)[C@@H]1OC(C)=O)[C@@H]32. The third kappa shape index (κ3) is 5.95. The number of rotatable bonds is 6. The highest BCUT2D eigenvalue weighted by Gasteiger charge is 2.80. The number of carbonyl (C=O) groups excluding carboxylic acids is 5. The zero-order valence-corrected chi connectivity index (χ0v) is 38.3. The van der Waals surface area contributed by atoms with Crippen LogP contribution in [0.3, 0.4) is 0 Å². The van der Waals surface area contributed by atoms with Gasteiger partial charge in [0.05, 0.1) is 38.5 Å². The molecule has 16 nitrogen and oxygen atoms in total. The summed E-state index contributed by atoms with van der Waals surface area (Å²) in [5.41, 5.74) is -4.72. The highest BCUT2D eigenvalue weighted by Crippen LogP contribution is 2.69. The third-order valence-electron chi connectivity index (χ3n) is 14.3. The molecule has 2 amide bonds. The van der Waals surface area contributed by atoms with Crippen LogP contribution < -0.4 is 14.5 Å². The minimum atomic E-state index is -2.38. The Balaban J connectivity index is 1.46. The summed E-state index contributed by atoms with van der Waals surface area (Å²) in [6.07, 6.45) is 0.668. The zero-order valence-electron chi connectivity index (χ0n) is 38.3. The van der Waals surface area contributed by atoms with Crippen LogP contribution in [0.5, 0.6) is 5.75 Å². The maximum absolute atomic E-state index is 14.8. The monoisotopic (exact) mass is 872 g/mol. The number of para-hydroxylation sites is 1. The van der Waals surface area contributed by atoms with Crippen LogP contribution in [0.1, 0.15) is 91.3 Å². The lowest BCUT2D eigenvalue weighted by Crippen LogP contribution is -2.81. The van der Waals surface area contributed by atoms with Gasteiger partial charge in [0.2, 0.25) is 5.60 Å². The predicted molar refractivity (Wildman–Crippen MR) is 229 cm³/mol. The van der Waals surface area contributed by atoms with Crippen molar-refractivity contribution in [1.29, 1.82) is 0 Å². The van der Waals surface area contributed by atoms with Crippen LogP contribution in [0.25, 0.3) is 0 Å². The van der Waals surface area contributed by atoms with Gasteiger partial charge in [0.1, 0.15) is 29.2 Å². The molecule has 0 aromatic heterocycles. The van der Waals surface area contributed by atoms with Crippen molar-refractivity contribution in [2.75, 3.05) is 51.3 Å². The van der Waals surface area contributed by atoms with E-state index >= 15 is 0 Å². The molecule has 2 aromatic rings. The number of amides is 2. The number of aliphatic hydroxyl groups is 1. The van der Waals surface area contributed by atoms with E-state index in [9.17, 15) is 29.1 Å². The summed E-state index contributed by atoms with van der Waals surface area (Å²) in [7, 11) is 5.79. The van der Waals surface area contributed by atoms with Gasteiger partial charge in [-0.25, -0.2) is 19.2 Å². The Labute approximate surface area is 368 Å². The molecular weight excluding hydrogens is 813 g/mol. The van der Waals surface area contributed by atoms with Crippen molar-refractivity contribution >= 4 is 41.5 Å². The van der Waals surface area contributed by atoms with Crippen molar-refractivity contribution in [3.63, 3.8) is 0 Å². The molecule has 2 aromatic carbocycles. The topological polar surface area (TPSA) is 174 Å². The Morgan fingerprint density at radius 2 is 1.52 bits per heavy atom. The van der Waals surface area contributed by atoms with E-state index in [4.69, 9.17) is 28.4 Å². The molecule has 5 heterocycles. The van der Waals surface area contributed by atoms with Crippen molar-refractivity contribution in [2.24, 2.45) is 5.41 Å². The highest BCUT2D eigenvalue weighted by molar-refractivity contribution is 5.97. The lowest BCUT2D eigenvalue weighted by Gasteiger charge is -2.63. The second-order valence-electron chi connectivity index (χ2n) is 19.8. The molecule has 1 N–H and O–H groups in total. The second kappa shape index (κ2) is 14.6. The van der Waals surface area contributed by atoms with Gasteiger partial charge in [-0.1, -0.05) is 37.3 Å². The van der Waals surface area contributed by atoms with E-state index in [1.165, 1.54) is 38.1 Å². The number of anilines is 2. The lowest BCUT2D eigenvalue weighted by atomic mass is 9.47. The molecule has 0 unspecified atom stereocenters. The summed E-state index contributed by atoms with van der Waals surface area (Å²) < 4.78 is 35.4. The molecule has 0 radical (unpaired) electrons. The molecule has 6 aliphatic rings. The molecule has 63 heavy (non-hydrogen) atoms. The van der Waals surface area contributed by atoms with Crippen LogP contribution in [0.15, 0.2) is 48.6 Å². The fraction of sp³-hybridized carbons (Fsp3) is 0.596. The summed E-state index contributed by atoms with van der Waals surface area (Å²) in [5, 5.41) is 13.4. The fourth-order valence-electron chi connectivity index (χ4n) is 12.6. The van der Waals surface area contributed by atoms with E-state index < -0.39 is 93.5 Å². The van der Waals surface area contributed by atoms with Crippen LogP contribution in [-0.2, 0) is 48.9 Å². The van der Waals surface area contributed by atoms with E-state index in [0.29, 0.717) is 54.2 Å². The summed E-state index contributed by atoms with van der Waals surface area (Å²) in [5.74, 6) is -1.94. The number of ether oxygens (including phenoxy) is 6. The van der Waals surface area contributed by atoms with E-state index in [-0.39, 0.29) is 6.42 Å². The number of methoxy groups -OCH3 is 3. The number of benzene rings is 2. The normalized spacial score (nSPS) is 32.5. The Hall–Kier alpha value is -5.35. The van der Waals surface area contributed by atoms with Crippen LogP contribution in [0.4, 0.5) is 21.0 Å². The number of esters is 3. The molecule has 0 bridgehead atoms. The first-order valence-electron chi connectivity index (χ1n) is 21.6. The molecule has 1 aliphatic carbocycles. The largest absolute Gasteiger partial charge is 0.496 e. The van der Waals surface area contributed by atoms with Gasteiger partial charge in [0.15, 0.2) is 6.10 Å². The van der Waals surface area contributed by atoms with Gasteiger partial charge in [-0.15, -0.1) is 0 Å². The second-order valence-corrected chi connectivity index (χ2v) is 19.8. The van der Waals surface area contributed by atoms with Gasteiger partial charge in [-0.05, 0) is 90.6 Å². The van der Waals surface area contributed by atoms with Gasteiger partial charge in [-0.2, -0.15) is 0 Å². The number of hydrogen-bond acceptors (Lipinski definition) is 14. The number of carbonyl (C=O) groups is 5. The third-order valence-corrected chi connectivity index (χ3v) is 14.3. The smallest absolute Gasteiger partial charge is 0.416 e. The first-order chi connectivity index (χ1) is 29.5.